The summed E-state index contributed by atoms with van der Waals surface area (Å²) in [5.41, 5.74) is 2.39. The van der Waals surface area contributed by atoms with Crippen LogP contribution in [0, 0.1) is 0 Å². The Labute approximate surface area is 242 Å². The molecule has 11 heteroatoms. The molecular weight excluding hydrogens is 544 g/mol. The van der Waals surface area contributed by atoms with Gasteiger partial charge in [-0.2, -0.15) is 5.10 Å². The number of rotatable bonds is 7. The summed E-state index contributed by atoms with van der Waals surface area (Å²) in [7, 11) is 3.10. The Kier molecular flexibility index (Phi) is 7.67. The number of nitrogens with one attached hydrogen (secondary N) is 2. The predicted molar refractivity (Wildman–Crippen MR) is 159 cm³/mol. The summed E-state index contributed by atoms with van der Waals surface area (Å²) in [4.78, 5) is 21.7. The number of carbonyl (C=O) groups is 1. The third-order valence-electron chi connectivity index (χ3n) is 6.22. The normalized spacial score (nSPS) is 11.3. The second-order valence-electron chi connectivity index (χ2n) is 10.1. The second-order valence-corrected chi connectivity index (χ2v) is 10.5. The second kappa shape index (κ2) is 11.3. The van der Waals surface area contributed by atoms with Crippen LogP contribution >= 0.6 is 11.6 Å². The van der Waals surface area contributed by atoms with Crippen LogP contribution in [0.5, 0.6) is 23.1 Å². The van der Waals surface area contributed by atoms with E-state index in [1.807, 2.05) is 36.4 Å². The maximum atomic E-state index is 13.1. The number of hydrogen-bond acceptors (Lipinski definition) is 7. The van der Waals surface area contributed by atoms with E-state index in [2.05, 4.69) is 41.4 Å². The molecule has 0 unspecified atom stereocenters. The topological polar surface area (TPSA) is 112 Å². The van der Waals surface area contributed by atoms with Crippen molar-refractivity contribution in [3.05, 3.63) is 83.8 Å². The van der Waals surface area contributed by atoms with Crippen molar-refractivity contribution in [3.63, 3.8) is 0 Å². The maximum absolute atomic E-state index is 13.1. The fraction of sp³-hybridized carbons (Fsp3) is 0.200. The van der Waals surface area contributed by atoms with Crippen molar-refractivity contribution in [3.8, 4) is 28.8 Å². The summed E-state index contributed by atoms with van der Waals surface area (Å²) in [5.74, 6) is 2.27. The van der Waals surface area contributed by atoms with Crippen LogP contribution in [0.25, 0.3) is 16.6 Å². The van der Waals surface area contributed by atoms with E-state index >= 15 is 0 Å². The Bertz CT molecular complexity index is 1720. The van der Waals surface area contributed by atoms with Crippen molar-refractivity contribution < 1.29 is 19.0 Å². The zero-order valence-electron chi connectivity index (χ0n) is 23.2. The zero-order chi connectivity index (χ0) is 29.1. The molecule has 3 aromatic carbocycles. The van der Waals surface area contributed by atoms with Gasteiger partial charge in [0.1, 0.15) is 17.9 Å². The molecule has 2 aromatic heterocycles. The van der Waals surface area contributed by atoms with Gasteiger partial charge in [0.05, 0.1) is 47.2 Å². The molecule has 0 atom stereocenters. The Morgan fingerprint density at radius 1 is 0.902 bits per heavy atom. The van der Waals surface area contributed by atoms with Gasteiger partial charge in [0.25, 0.3) is 0 Å². The number of amides is 2. The van der Waals surface area contributed by atoms with Gasteiger partial charge in [-0.15, -0.1) is 0 Å². The molecule has 0 radical (unpaired) electrons. The number of fused-ring (bicyclic) bond motifs is 1. The number of nitrogens with zero attached hydrogens (tertiary/aromatic N) is 4. The number of methoxy groups -OCH3 is 2. The highest BCUT2D eigenvalue weighted by atomic mass is 35.5. The zero-order valence-corrected chi connectivity index (χ0v) is 24.0. The third kappa shape index (κ3) is 6.02. The van der Waals surface area contributed by atoms with Gasteiger partial charge in [-0.3, -0.25) is 5.32 Å². The van der Waals surface area contributed by atoms with Crippen molar-refractivity contribution in [1.29, 1.82) is 0 Å². The van der Waals surface area contributed by atoms with Crippen molar-refractivity contribution in [1.82, 2.24) is 19.7 Å². The first-order valence-electron chi connectivity index (χ1n) is 12.7. The number of anilines is 2. The van der Waals surface area contributed by atoms with Gasteiger partial charge in [0.2, 0.25) is 5.88 Å². The molecule has 10 nitrogen and oxygen atoms in total. The van der Waals surface area contributed by atoms with Crippen LogP contribution in [0.2, 0.25) is 5.02 Å². The van der Waals surface area contributed by atoms with E-state index in [9.17, 15) is 4.79 Å². The molecule has 0 aliphatic rings. The average Bonchev–Trinajstić information content (AvgIpc) is 3.39. The van der Waals surface area contributed by atoms with Gasteiger partial charge in [-0.1, -0.05) is 50.6 Å². The minimum atomic E-state index is -0.495. The van der Waals surface area contributed by atoms with Crippen LogP contribution in [0.4, 0.5) is 16.3 Å². The molecule has 2 amide bonds. The number of halogens is 1. The summed E-state index contributed by atoms with van der Waals surface area (Å²) in [6.07, 6.45) is 1.40. The highest BCUT2D eigenvalue weighted by Gasteiger charge is 2.22. The molecule has 0 aliphatic carbocycles. The van der Waals surface area contributed by atoms with Crippen LogP contribution in [-0.2, 0) is 5.41 Å². The van der Waals surface area contributed by atoms with E-state index in [4.69, 9.17) is 30.9 Å². The lowest BCUT2D eigenvalue weighted by molar-refractivity contribution is 0.262. The Balaban J connectivity index is 1.39. The number of carbonyl (C=O) groups excluding carboxylic acids is 1. The number of ether oxygens (including phenoxy) is 3. The Morgan fingerprint density at radius 2 is 1.63 bits per heavy atom. The number of aromatic nitrogens is 4. The van der Waals surface area contributed by atoms with Gasteiger partial charge in [-0.05, 0) is 30.3 Å². The van der Waals surface area contributed by atoms with E-state index in [-0.39, 0.29) is 5.41 Å². The van der Waals surface area contributed by atoms with Crippen LogP contribution in [0.15, 0.2) is 73.1 Å². The molecule has 0 saturated carbocycles. The smallest absolute Gasteiger partial charge is 0.324 e. The predicted octanol–water partition coefficient (Wildman–Crippen LogP) is 7.22. The third-order valence-corrected chi connectivity index (χ3v) is 6.55. The van der Waals surface area contributed by atoms with Gasteiger partial charge < -0.3 is 19.5 Å². The lowest BCUT2D eigenvalue weighted by Gasteiger charge is -2.14. The molecule has 210 valence electrons. The number of hydrogen-bond donors (Lipinski definition) is 2. The fourth-order valence-electron chi connectivity index (χ4n) is 4.09. The molecular formula is C30H29ClN6O4. The molecule has 0 fully saturated rings. The van der Waals surface area contributed by atoms with Gasteiger partial charge in [0.15, 0.2) is 11.5 Å². The first-order chi connectivity index (χ1) is 19.7. The van der Waals surface area contributed by atoms with E-state index in [1.54, 1.807) is 49.2 Å². The first-order valence-corrected chi connectivity index (χ1v) is 13.1. The van der Waals surface area contributed by atoms with Crippen LogP contribution < -0.4 is 24.8 Å². The molecule has 0 bridgehead atoms. The van der Waals surface area contributed by atoms with Crippen LogP contribution in [0.3, 0.4) is 0 Å². The van der Waals surface area contributed by atoms with Crippen molar-refractivity contribution >= 4 is 40.0 Å². The molecule has 0 spiro atoms. The van der Waals surface area contributed by atoms with Crippen LogP contribution in [0.1, 0.15) is 26.5 Å². The van der Waals surface area contributed by atoms with E-state index in [1.165, 1.54) is 6.33 Å². The quantitative estimate of drug-likeness (QED) is 0.212. The largest absolute Gasteiger partial charge is 0.493 e. The number of benzene rings is 3. The standard InChI is InChI=1S/C30H29ClN6O4/c1-30(2,3)26-16-27(37(36-26)18-9-7-6-8-10-18)35-29(38)34-23-13-19(11-12-21(23)31)41-28-20-14-24(39-4)25(40-5)15-22(20)32-17-33-28/h6-17H,1-5H3,(H2,34,35,38). The van der Waals surface area contributed by atoms with Crippen molar-refractivity contribution in [2.24, 2.45) is 0 Å². The fourth-order valence-corrected chi connectivity index (χ4v) is 4.25. The van der Waals surface area contributed by atoms with E-state index in [0.717, 1.165) is 11.4 Å². The number of para-hydroxylation sites is 1. The van der Waals surface area contributed by atoms with Crippen LogP contribution in [-0.4, -0.2) is 40.0 Å². The summed E-state index contributed by atoms with van der Waals surface area (Å²) in [6.45, 7) is 6.19. The number of urea groups is 1. The summed E-state index contributed by atoms with van der Waals surface area (Å²) in [5, 5.41) is 11.4. The lowest BCUT2D eigenvalue weighted by Crippen LogP contribution is -2.21. The molecule has 2 N–H and O–H groups in total. The molecule has 2 heterocycles. The summed E-state index contributed by atoms with van der Waals surface area (Å²) in [6, 6.07) is 19.4. The molecule has 41 heavy (non-hydrogen) atoms. The van der Waals surface area contributed by atoms with Crippen molar-refractivity contribution in [2.75, 3.05) is 24.9 Å². The summed E-state index contributed by atoms with van der Waals surface area (Å²) < 4.78 is 18.6. The first kappa shape index (κ1) is 27.7. The summed E-state index contributed by atoms with van der Waals surface area (Å²) >= 11 is 6.43. The molecule has 0 saturated heterocycles. The monoisotopic (exact) mass is 572 g/mol. The average molecular weight is 573 g/mol. The minimum Gasteiger partial charge on any atom is -0.493 e. The molecule has 5 aromatic rings. The highest BCUT2D eigenvalue weighted by molar-refractivity contribution is 6.33. The lowest BCUT2D eigenvalue weighted by atomic mass is 9.92. The van der Waals surface area contributed by atoms with E-state index in [0.29, 0.717) is 50.6 Å². The van der Waals surface area contributed by atoms with Gasteiger partial charge in [0, 0.05) is 23.6 Å². The SMILES string of the molecule is COc1cc2ncnc(Oc3ccc(Cl)c(NC(=O)Nc4cc(C(C)(C)C)nn4-c4ccccc4)c3)c2cc1OC. The minimum absolute atomic E-state index is 0.220. The van der Waals surface area contributed by atoms with Gasteiger partial charge >= 0.3 is 6.03 Å². The van der Waals surface area contributed by atoms with Gasteiger partial charge in [-0.25, -0.2) is 19.4 Å². The molecule has 0 aliphatic heterocycles. The highest BCUT2D eigenvalue weighted by Crippen LogP contribution is 2.37. The van der Waals surface area contributed by atoms with E-state index < -0.39 is 6.03 Å². The molecule has 5 rings (SSSR count). The van der Waals surface area contributed by atoms with Crippen molar-refractivity contribution in [2.45, 2.75) is 26.2 Å². The Hall–Kier alpha value is -4.83. The Morgan fingerprint density at radius 3 is 2.34 bits per heavy atom. The maximum Gasteiger partial charge on any atom is 0.324 e.